The number of hydrogen-bond acceptors (Lipinski definition) is 3. The highest BCUT2D eigenvalue weighted by atomic mass is 32.2. The number of rotatable bonds is 4. The summed E-state index contributed by atoms with van der Waals surface area (Å²) in [5.41, 5.74) is -3.29. The Labute approximate surface area is 118 Å². The molecule has 0 atom stereocenters. The predicted octanol–water partition coefficient (Wildman–Crippen LogP) is 2.01. The Morgan fingerprint density at radius 1 is 1.30 bits per heavy atom. The van der Waals surface area contributed by atoms with Crippen molar-refractivity contribution in [3.8, 4) is 11.8 Å². The van der Waals surface area contributed by atoms with Crippen molar-refractivity contribution < 1.29 is 23.1 Å². The van der Waals surface area contributed by atoms with E-state index < -0.39 is 11.4 Å². The molecular weight excluding hydrogens is 291 g/mol. The lowest BCUT2D eigenvalue weighted by Gasteiger charge is -2.07. The van der Waals surface area contributed by atoms with Gasteiger partial charge in [-0.3, -0.25) is 4.79 Å². The summed E-state index contributed by atoms with van der Waals surface area (Å²) < 4.78 is 35.6. The number of aliphatic hydroxyl groups is 1. The van der Waals surface area contributed by atoms with E-state index >= 15 is 0 Å². The summed E-state index contributed by atoms with van der Waals surface area (Å²) in [4.78, 5) is 11.6. The van der Waals surface area contributed by atoms with Crippen LogP contribution in [0.1, 0.15) is 15.9 Å². The van der Waals surface area contributed by atoms with E-state index in [0.717, 1.165) is 0 Å². The quantitative estimate of drug-likeness (QED) is 0.661. The third-order valence-electron chi connectivity index (χ3n) is 2.11. The van der Waals surface area contributed by atoms with Gasteiger partial charge in [-0.25, -0.2) is 0 Å². The largest absolute Gasteiger partial charge is 0.441 e. The molecule has 0 fully saturated rings. The lowest BCUT2D eigenvalue weighted by Crippen LogP contribution is -2.26. The summed E-state index contributed by atoms with van der Waals surface area (Å²) in [5.74, 6) is 4.47. The molecule has 0 saturated heterocycles. The van der Waals surface area contributed by atoms with E-state index in [4.69, 9.17) is 5.11 Å². The molecule has 20 heavy (non-hydrogen) atoms. The zero-order chi connectivity index (χ0) is 15.0. The molecule has 0 aliphatic rings. The van der Waals surface area contributed by atoms with Crippen LogP contribution in [0, 0.1) is 11.8 Å². The van der Waals surface area contributed by atoms with Crippen LogP contribution < -0.4 is 5.32 Å². The molecule has 0 saturated carbocycles. The van der Waals surface area contributed by atoms with E-state index in [2.05, 4.69) is 17.2 Å². The highest BCUT2D eigenvalue weighted by Crippen LogP contribution is 2.29. The molecule has 108 valence electrons. The van der Waals surface area contributed by atoms with Crippen molar-refractivity contribution in [3.63, 3.8) is 0 Å². The maximum absolute atomic E-state index is 11.9. The van der Waals surface area contributed by atoms with Gasteiger partial charge in [0.2, 0.25) is 0 Å². The molecule has 2 N–H and O–H groups in total. The van der Waals surface area contributed by atoms with Gasteiger partial charge in [0.15, 0.2) is 0 Å². The standard InChI is InChI=1S/C13H12F3NO2S/c14-13(15,16)20-9-7-17-12(19)11-5-3-10(4-6-11)2-1-8-18/h3-6,18H,7-9H2,(H,17,19). The van der Waals surface area contributed by atoms with Crippen LogP contribution in [-0.4, -0.2) is 35.4 Å². The molecule has 0 aromatic heterocycles. The van der Waals surface area contributed by atoms with Crippen LogP contribution in [0.25, 0.3) is 0 Å². The zero-order valence-electron chi connectivity index (χ0n) is 10.3. The first-order valence-corrected chi connectivity index (χ1v) is 6.59. The van der Waals surface area contributed by atoms with Crippen molar-refractivity contribution in [2.45, 2.75) is 5.51 Å². The number of carbonyl (C=O) groups is 1. The fourth-order valence-corrected chi connectivity index (χ4v) is 1.72. The van der Waals surface area contributed by atoms with Crippen LogP contribution in [0.2, 0.25) is 0 Å². The first kappa shape index (κ1) is 16.4. The summed E-state index contributed by atoms with van der Waals surface area (Å²) in [6, 6.07) is 6.24. The SMILES string of the molecule is O=C(NCCSC(F)(F)F)c1ccc(C#CCO)cc1. The van der Waals surface area contributed by atoms with E-state index in [1.54, 1.807) is 12.1 Å². The average molecular weight is 303 g/mol. The highest BCUT2D eigenvalue weighted by Gasteiger charge is 2.27. The van der Waals surface area contributed by atoms with Gasteiger partial charge in [-0.2, -0.15) is 13.2 Å². The molecule has 1 rings (SSSR count). The molecule has 1 amide bonds. The maximum atomic E-state index is 11.9. The summed E-state index contributed by atoms with van der Waals surface area (Å²) in [6.45, 7) is -0.311. The molecule has 0 heterocycles. The Balaban J connectivity index is 2.44. The summed E-state index contributed by atoms with van der Waals surface area (Å²) in [7, 11) is 0. The molecule has 7 heteroatoms. The molecule has 1 aromatic rings. The van der Waals surface area contributed by atoms with Crippen molar-refractivity contribution in [2.75, 3.05) is 18.9 Å². The molecule has 3 nitrogen and oxygen atoms in total. The second-order valence-corrected chi connectivity index (χ2v) is 4.75. The van der Waals surface area contributed by atoms with E-state index in [1.165, 1.54) is 12.1 Å². The zero-order valence-corrected chi connectivity index (χ0v) is 11.1. The van der Waals surface area contributed by atoms with Gasteiger partial charge in [-0.15, -0.1) is 0 Å². The summed E-state index contributed by atoms with van der Waals surface area (Å²) >= 11 is -0.174. The minimum absolute atomic E-state index is 0.0604. The fraction of sp³-hybridized carbons (Fsp3) is 0.308. The lowest BCUT2D eigenvalue weighted by atomic mass is 10.1. The van der Waals surface area contributed by atoms with Gasteiger partial charge in [0.25, 0.3) is 5.91 Å². The number of nitrogens with one attached hydrogen (secondary N) is 1. The summed E-state index contributed by atoms with van der Waals surface area (Å²) in [6.07, 6.45) is 0. The molecular formula is C13H12F3NO2S. The van der Waals surface area contributed by atoms with Crippen LogP contribution in [0.3, 0.4) is 0 Å². The van der Waals surface area contributed by atoms with Crippen molar-refractivity contribution >= 4 is 17.7 Å². The second kappa shape index (κ2) is 7.82. The van der Waals surface area contributed by atoms with Gasteiger partial charge < -0.3 is 10.4 Å². The fourth-order valence-electron chi connectivity index (χ4n) is 1.28. The van der Waals surface area contributed by atoms with Crippen molar-refractivity contribution in [2.24, 2.45) is 0 Å². The minimum atomic E-state index is -4.28. The summed E-state index contributed by atoms with van der Waals surface area (Å²) in [5, 5.41) is 10.9. The number of benzene rings is 1. The van der Waals surface area contributed by atoms with Crippen LogP contribution in [0.15, 0.2) is 24.3 Å². The van der Waals surface area contributed by atoms with Gasteiger partial charge >= 0.3 is 5.51 Å². The molecule has 0 aliphatic heterocycles. The smallest absolute Gasteiger partial charge is 0.384 e. The van der Waals surface area contributed by atoms with Gasteiger partial charge in [-0.1, -0.05) is 11.8 Å². The normalized spacial score (nSPS) is 10.6. The molecule has 0 unspecified atom stereocenters. The number of halogens is 3. The number of aliphatic hydroxyl groups excluding tert-OH is 1. The van der Waals surface area contributed by atoms with Crippen LogP contribution in [0.4, 0.5) is 13.2 Å². The van der Waals surface area contributed by atoms with Gasteiger partial charge in [0, 0.05) is 23.4 Å². The monoisotopic (exact) mass is 303 g/mol. The van der Waals surface area contributed by atoms with Crippen LogP contribution in [0.5, 0.6) is 0 Å². The first-order chi connectivity index (χ1) is 9.42. The lowest BCUT2D eigenvalue weighted by molar-refractivity contribution is -0.0327. The number of carbonyl (C=O) groups excluding carboxylic acids is 1. The highest BCUT2D eigenvalue weighted by molar-refractivity contribution is 8.00. The molecule has 0 bridgehead atoms. The number of hydrogen-bond donors (Lipinski definition) is 2. The van der Waals surface area contributed by atoms with Gasteiger partial charge in [-0.05, 0) is 36.0 Å². The Kier molecular flexibility index (Phi) is 6.42. The van der Waals surface area contributed by atoms with Crippen molar-refractivity contribution in [3.05, 3.63) is 35.4 Å². The van der Waals surface area contributed by atoms with E-state index in [1.807, 2.05) is 0 Å². The number of thioether (sulfide) groups is 1. The molecule has 0 radical (unpaired) electrons. The van der Waals surface area contributed by atoms with Crippen LogP contribution >= 0.6 is 11.8 Å². The topological polar surface area (TPSA) is 49.3 Å². The molecule has 1 aromatic carbocycles. The van der Waals surface area contributed by atoms with Crippen molar-refractivity contribution in [1.82, 2.24) is 5.32 Å². The van der Waals surface area contributed by atoms with Crippen molar-refractivity contribution in [1.29, 1.82) is 0 Å². The first-order valence-electron chi connectivity index (χ1n) is 5.61. The predicted molar refractivity (Wildman–Crippen MR) is 71.3 cm³/mol. The van der Waals surface area contributed by atoms with Gasteiger partial charge in [0.05, 0.1) is 0 Å². The van der Waals surface area contributed by atoms with Crippen LogP contribution in [-0.2, 0) is 0 Å². The van der Waals surface area contributed by atoms with E-state index in [0.29, 0.717) is 11.1 Å². The third-order valence-corrected chi connectivity index (χ3v) is 2.85. The average Bonchev–Trinajstić information content (AvgIpc) is 2.40. The number of amides is 1. The number of alkyl halides is 3. The second-order valence-electron chi connectivity index (χ2n) is 3.59. The van der Waals surface area contributed by atoms with E-state index in [-0.39, 0.29) is 30.7 Å². The maximum Gasteiger partial charge on any atom is 0.441 e. The Morgan fingerprint density at radius 2 is 1.95 bits per heavy atom. The minimum Gasteiger partial charge on any atom is -0.384 e. The molecule has 0 aliphatic carbocycles. The Bertz CT molecular complexity index is 503. The Morgan fingerprint density at radius 3 is 2.50 bits per heavy atom. The molecule has 0 spiro atoms. The Hall–Kier alpha value is -1.65. The third kappa shape index (κ3) is 6.50. The van der Waals surface area contributed by atoms with E-state index in [9.17, 15) is 18.0 Å². The van der Waals surface area contributed by atoms with Gasteiger partial charge in [0.1, 0.15) is 6.61 Å².